The molecule has 0 radical (unpaired) electrons. The summed E-state index contributed by atoms with van der Waals surface area (Å²) in [5.74, 6) is 0.553. The SMILES string of the molecule is CNc1ccc(Cl)c(C(=O)N2CCN(C)CC2C)n1. The van der Waals surface area contributed by atoms with E-state index in [1.54, 1.807) is 19.2 Å². The molecule has 0 aliphatic carbocycles. The first-order chi connectivity index (χ1) is 9.02. The highest BCUT2D eigenvalue weighted by atomic mass is 35.5. The van der Waals surface area contributed by atoms with Crippen molar-refractivity contribution in [1.29, 1.82) is 0 Å². The molecule has 6 heteroatoms. The van der Waals surface area contributed by atoms with Crippen LogP contribution in [-0.2, 0) is 0 Å². The normalized spacial score (nSPS) is 20.4. The fourth-order valence-corrected chi connectivity index (χ4v) is 2.49. The average Bonchev–Trinajstić information content (AvgIpc) is 2.38. The molecule has 0 aromatic carbocycles. The molecule has 1 atom stereocenters. The van der Waals surface area contributed by atoms with Gasteiger partial charge in [-0.25, -0.2) is 4.98 Å². The van der Waals surface area contributed by atoms with Gasteiger partial charge in [0.15, 0.2) is 0 Å². The van der Waals surface area contributed by atoms with Gasteiger partial charge in [0.25, 0.3) is 5.91 Å². The van der Waals surface area contributed by atoms with Crippen molar-refractivity contribution in [2.45, 2.75) is 13.0 Å². The molecule has 1 aliphatic heterocycles. The zero-order valence-corrected chi connectivity index (χ0v) is 12.2. The lowest BCUT2D eigenvalue weighted by Gasteiger charge is -2.38. The summed E-state index contributed by atoms with van der Waals surface area (Å²) in [4.78, 5) is 20.9. The van der Waals surface area contributed by atoms with Crippen LogP contribution in [-0.4, -0.2) is 60.5 Å². The van der Waals surface area contributed by atoms with Gasteiger partial charge in [0, 0.05) is 32.7 Å². The fraction of sp³-hybridized carbons (Fsp3) is 0.538. The summed E-state index contributed by atoms with van der Waals surface area (Å²) in [6.45, 7) is 4.50. The number of nitrogens with one attached hydrogen (secondary N) is 1. The van der Waals surface area contributed by atoms with E-state index in [0.29, 0.717) is 23.1 Å². The standard InChI is InChI=1S/C13H19ClN4O/c1-9-8-17(3)6-7-18(9)13(19)12-10(14)4-5-11(15-2)16-12/h4-5,9H,6-8H2,1-3H3,(H,15,16). The highest BCUT2D eigenvalue weighted by molar-refractivity contribution is 6.33. The third kappa shape index (κ3) is 2.98. The first kappa shape index (κ1) is 14.1. The van der Waals surface area contributed by atoms with Gasteiger partial charge in [-0.1, -0.05) is 11.6 Å². The topological polar surface area (TPSA) is 48.5 Å². The van der Waals surface area contributed by atoms with Crippen molar-refractivity contribution in [3.63, 3.8) is 0 Å². The second-order valence-corrected chi connectivity index (χ2v) is 5.29. The van der Waals surface area contributed by atoms with Crippen molar-refractivity contribution in [3.8, 4) is 0 Å². The predicted molar refractivity (Wildman–Crippen MR) is 76.8 cm³/mol. The summed E-state index contributed by atoms with van der Waals surface area (Å²) in [5.41, 5.74) is 0.324. The minimum atomic E-state index is -0.0947. The molecule has 104 valence electrons. The number of anilines is 1. The van der Waals surface area contributed by atoms with Crippen molar-refractivity contribution in [2.75, 3.05) is 39.0 Å². The van der Waals surface area contributed by atoms with Gasteiger partial charge in [-0.3, -0.25) is 4.79 Å². The Kier molecular flexibility index (Phi) is 4.27. The first-order valence-corrected chi connectivity index (χ1v) is 6.74. The summed E-state index contributed by atoms with van der Waals surface area (Å²) in [7, 11) is 3.83. The third-order valence-corrected chi connectivity index (χ3v) is 3.70. The van der Waals surface area contributed by atoms with Crippen molar-refractivity contribution in [3.05, 3.63) is 22.8 Å². The number of nitrogens with zero attached hydrogens (tertiary/aromatic N) is 3. The molecule has 1 fully saturated rings. The first-order valence-electron chi connectivity index (χ1n) is 6.36. The molecule has 0 saturated carbocycles. The van der Waals surface area contributed by atoms with Crippen LogP contribution in [0.25, 0.3) is 0 Å². The van der Waals surface area contributed by atoms with Gasteiger partial charge in [0.2, 0.25) is 0 Å². The van der Waals surface area contributed by atoms with Crippen molar-refractivity contribution in [2.24, 2.45) is 0 Å². The summed E-state index contributed by atoms with van der Waals surface area (Å²) in [6, 6.07) is 3.63. The number of likely N-dealkylation sites (N-methyl/N-ethyl adjacent to an activating group) is 1. The smallest absolute Gasteiger partial charge is 0.274 e. The Morgan fingerprint density at radius 1 is 1.47 bits per heavy atom. The molecule has 0 spiro atoms. The van der Waals surface area contributed by atoms with Gasteiger partial charge in [0.05, 0.1) is 5.02 Å². The van der Waals surface area contributed by atoms with E-state index in [-0.39, 0.29) is 11.9 Å². The highest BCUT2D eigenvalue weighted by Gasteiger charge is 2.28. The molecule has 2 rings (SSSR count). The van der Waals surface area contributed by atoms with E-state index in [4.69, 9.17) is 11.6 Å². The van der Waals surface area contributed by atoms with Gasteiger partial charge < -0.3 is 15.1 Å². The Balaban J connectivity index is 2.24. The van der Waals surface area contributed by atoms with E-state index in [0.717, 1.165) is 13.1 Å². The van der Waals surface area contributed by atoms with Crippen LogP contribution >= 0.6 is 11.6 Å². The van der Waals surface area contributed by atoms with Gasteiger partial charge in [-0.2, -0.15) is 0 Å². The summed E-state index contributed by atoms with van der Waals surface area (Å²) in [5, 5.41) is 3.32. The quantitative estimate of drug-likeness (QED) is 0.894. The van der Waals surface area contributed by atoms with Gasteiger partial charge in [-0.05, 0) is 26.1 Å². The monoisotopic (exact) mass is 282 g/mol. The average molecular weight is 283 g/mol. The predicted octanol–water partition coefficient (Wildman–Crippen LogP) is 1.55. The minimum Gasteiger partial charge on any atom is -0.373 e. The Labute approximate surface area is 118 Å². The van der Waals surface area contributed by atoms with Crippen molar-refractivity contribution >= 4 is 23.3 Å². The molecule has 1 saturated heterocycles. The zero-order chi connectivity index (χ0) is 14.0. The summed E-state index contributed by atoms with van der Waals surface area (Å²) < 4.78 is 0. The van der Waals surface area contributed by atoms with Gasteiger partial charge in [-0.15, -0.1) is 0 Å². The summed E-state index contributed by atoms with van der Waals surface area (Å²) in [6.07, 6.45) is 0. The van der Waals surface area contributed by atoms with Crippen LogP contribution in [0.2, 0.25) is 5.02 Å². The lowest BCUT2D eigenvalue weighted by molar-refractivity contribution is 0.0528. The maximum Gasteiger partial charge on any atom is 0.274 e. The van der Waals surface area contributed by atoms with E-state index >= 15 is 0 Å². The van der Waals surface area contributed by atoms with E-state index in [9.17, 15) is 4.79 Å². The number of hydrogen-bond acceptors (Lipinski definition) is 4. The Morgan fingerprint density at radius 3 is 2.84 bits per heavy atom. The number of piperazine rings is 1. The molecule has 1 aromatic heterocycles. The Morgan fingerprint density at radius 2 is 2.21 bits per heavy atom. The van der Waals surface area contributed by atoms with Crippen LogP contribution in [0.1, 0.15) is 17.4 Å². The van der Waals surface area contributed by atoms with E-state index < -0.39 is 0 Å². The van der Waals surface area contributed by atoms with E-state index in [1.165, 1.54) is 0 Å². The van der Waals surface area contributed by atoms with Gasteiger partial charge >= 0.3 is 0 Å². The molecule has 1 unspecified atom stereocenters. The molecule has 0 bridgehead atoms. The summed E-state index contributed by atoms with van der Waals surface area (Å²) >= 11 is 6.10. The fourth-order valence-electron chi connectivity index (χ4n) is 2.31. The van der Waals surface area contributed by atoms with Crippen LogP contribution in [0.15, 0.2) is 12.1 Å². The number of halogens is 1. The van der Waals surface area contributed by atoms with Crippen LogP contribution in [0, 0.1) is 0 Å². The number of amides is 1. The molecule has 1 aromatic rings. The molecular formula is C13H19ClN4O. The second kappa shape index (κ2) is 5.75. The van der Waals surface area contributed by atoms with Crippen molar-refractivity contribution < 1.29 is 4.79 Å². The molecule has 19 heavy (non-hydrogen) atoms. The molecule has 1 amide bonds. The van der Waals surface area contributed by atoms with Crippen LogP contribution in [0.5, 0.6) is 0 Å². The van der Waals surface area contributed by atoms with Crippen LogP contribution < -0.4 is 5.32 Å². The minimum absolute atomic E-state index is 0.0947. The maximum atomic E-state index is 12.5. The lowest BCUT2D eigenvalue weighted by atomic mass is 10.1. The molecule has 5 nitrogen and oxygen atoms in total. The highest BCUT2D eigenvalue weighted by Crippen LogP contribution is 2.20. The molecular weight excluding hydrogens is 264 g/mol. The number of rotatable bonds is 2. The van der Waals surface area contributed by atoms with Crippen LogP contribution in [0.3, 0.4) is 0 Å². The Bertz CT molecular complexity index is 480. The number of carbonyl (C=O) groups is 1. The Hall–Kier alpha value is -1.33. The lowest BCUT2D eigenvalue weighted by Crippen LogP contribution is -2.52. The maximum absolute atomic E-state index is 12.5. The largest absolute Gasteiger partial charge is 0.373 e. The van der Waals surface area contributed by atoms with Gasteiger partial charge in [0.1, 0.15) is 11.5 Å². The van der Waals surface area contributed by atoms with Crippen LogP contribution in [0.4, 0.5) is 5.82 Å². The molecule has 1 N–H and O–H groups in total. The number of aromatic nitrogens is 1. The zero-order valence-electron chi connectivity index (χ0n) is 11.5. The number of pyridine rings is 1. The van der Waals surface area contributed by atoms with E-state index in [1.807, 2.05) is 11.8 Å². The second-order valence-electron chi connectivity index (χ2n) is 4.89. The number of carbonyl (C=O) groups excluding carboxylic acids is 1. The third-order valence-electron chi connectivity index (χ3n) is 3.40. The molecule has 2 heterocycles. The molecule has 1 aliphatic rings. The number of hydrogen-bond donors (Lipinski definition) is 1. The van der Waals surface area contributed by atoms with Crippen molar-refractivity contribution in [1.82, 2.24) is 14.8 Å². The van der Waals surface area contributed by atoms with E-state index in [2.05, 4.69) is 22.2 Å².